The van der Waals surface area contributed by atoms with Crippen LogP contribution < -0.4 is 0 Å². The average Bonchev–Trinajstić information content (AvgIpc) is 1.91. The van der Waals surface area contributed by atoms with Crippen LogP contribution in [0.15, 0.2) is 29.8 Å². The van der Waals surface area contributed by atoms with Gasteiger partial charge < -0.3 is 0 Å². The molecule has 0 aliphatic carbocycles. The molecule has 1 aliphatic rings. The predicted octanol–water partition coefficient (Wildman–Crippen LogP) is 1.96. The lowest BCUT2D eigenvalue weighted by Crippen LogP contribution is -2.03. The molecule has 1 heteroatoms. The molecule has 1 atom stereocenters. The Morgan fingerprint density at radius 3 is 3.22 bits per heavy atom. The lowest BCUT2D eigenvalue weighted by atomic mass is 10.1. The topological polar surface area (TPSA) is 12.4 Å². The first-order valence-corrected chi connectivity index (χ1v) is 3.22. The van der Waals surface area contributed by atoms with Crippen molar-refractivity contribution in [2.75, 3.05) is 0 Å². The maximum atomic E-state index is 4.24. The quantitative estimate of drug-likeness (QED) is 0.495. The monoisotopic (exact) mass is 121 g/mol. The van der Waals surface area contributed by atoms with Crippen LogP contribution in [0.1, 0.15) is 12.8 Å². The minimum Gasteiger partial charge on any atom is -0.289 e. The number of aliphatic imine (C=N–C) groups is 1. The van der Waals surface area contributed by atoms with Gasteiger partial charge in [0, 0.05) is 6.21 Å². The van der Waals surface area contributed by atoms with Crippen molar-refractivity contribution in [1.82, 2.24) is 0 Å². The molecule has 1 heterocycles. The van der Waals surface area contributed by atoms with Gasteiger partial charge in [0.25, 0.3) is 0 Å². The summed E-state index contributed by atoms with van der Waals surface area (Å²) < 4.78 is 0. The summed E-state index contributed by atoms with van der Waals surface area (Å²) in [6, 6.07) is 0.465. The molecule has 0 aromatic carbocycles. The summed E-state index contributed by atoms with van der Waals surface area (Å²) in [5.41, 5.74) is 0. The minimum atomic E-state index is 0.465. The lowest BCUT2D eigenvalue weighted by Gasteiger charge is -2.07. The first-order valence-electron chi connectivity index (χ1n) is 3.22. The number of nitrogens with zero attached hydrogens (tertiary/aromatic N) is 1. The van der Waals surface area contributed by atoms with Crippen LogP contribution in [0, 0.1) is 0 Å². The molecule has 1 rings (SSSR count). The van der Waals surface area contributed by atoms with E-state index in [4.69, 9.17) is 0 Å². The first kappa shape index (κ1) is 6.27. The van der Waals surface area contributed by atoms with Crippen LogP contribution in [0.25, 0.3) is 0 Å². The normalized spacial score (nSPS) is 24.2. The number of hydrogen-bond acceptors (Lipinski definition) is 1. The molecule has 0 radical (unpaired) electrons. The van der Waals surface area contributed by atoms with Crippen LogP contribution in [-0.2, 0) is 0 Å². The minimum absolute atomic E-state index is 0.465. The van der Waals surface area contributed by atoms with E-state index in [1.165, 1.54) is 0 Å². The summed E-state index contributed by atoms with van der Waals surface area (Å²) in [5.74, 6) is 0. The molecule has 0 fully saturated rings. The molecule has 1 aliphatic heterocycles. The Balaban J connectivity index is 2.36. The van der Waals surface area contributed by atoms with Crippen molar-refractivity contribution in [1.29, 1.82) is 0 Å². The summed E-state index contributed by atoms with van der Waals surface area (Å²) >= 11 is 0. The van der Waals surface area contributed by atoms with Gasteiger partial charge in [0.15, 0.2) is 0 Å². The number of allylic oxidation sites excluding steroid dienone is 1. The van der Waals surface area contributed by atoms with E-state index in [1.807, 2.05) is 18.4 Å². The Labute approximate surface area is 55.8 Å². The van der Waals surface area contributed by atoms with Crippen LogP contribution in [0.3, 0.4) is 0 Å². The van der Waals surface area contributed by atoms with Gasteiger partial charge in [-0.3, -0.25) is 4.99 Å². The van der Waals surface area contributed by atoms with Gasteiger partial charge in [0.05, 0.1) is 6.04 Å². The zero-order chi connectivity index (χ0) is 6.53. The zero-order valence-electron chi connectivity index (χ0n) is 5.46. The molecule has 0 spiro atoms. The van der Waals surface area contributed by atoms with Gasteiger partial charge in [0.2, 0.25) is 0 Å². The van der Waals surface area contributed by atoms with E-state index < -0.39 is 0 Å². The Bertz CT molecular complexity index is 143. The van der Waals surface area contributed by atoms with Gasteiger partial charge in [0.1, 0.15) is 0 Å². The van der Waals surface area contributed by atoms with Gasteiger partial charge >= 0.3 is 0 Å². The average molecular weight is 121 g/mol. The summed E-state index contributed by atoms with van der Waals surface area (Å²) in [7, 11) is 0. The fraction of sp³-hybridized carbons (Fsp3) is 0.375. The van der Waals surface area contributed by atoms with Crippen molar-refractivity contribution >= 4 is 6.21 Å². The molecule has 0 saturated heterocycles. The van der Waals surface area contributed by atoms with E-state index in [9.17, 15) is 0 Å². The molecule has 0 saturated carbocycles. The Kier molecular flexibility index (Phi) is 2.25. The van der Waals surface area contributed by atoms with Gasteiger partial charge in [-0.2, -0.15) is 0 Å². The number of hydrogen-bond donors (Lipinski definition) is 0. The molecule has 0 amide bonds. The molecule has 48 valence electrons. The van der Waals surface area contributed by atoms with Crippen molar-refractivity contribution in [2.45, 2.75) is 18.9 Å². The third-order valence-electron chi connectivity index (χ3n) is 1.37. The fourth-order valence-electron chi connectivity index (χ4n) is 0.878. The lowest BCUT2D eigenvalue weighted by molar-refractivity contribution is 0.695. The molecule has 0 bridgehead atoms. The van der Waals surface area contributed by atoms with Crippen molar-refractivity contribution in [3.63, 3.8) is 0 Å². The second-order valence-corrected chi connectivity index (χ2v) is 2.14. The van der Waals surface area contributed by atoms with Crippen molar-refractivity contribution in [3.05, 3.63) is 24.8 Å². The highest BCUT2D eigenvalue weighted by Gasteiger charge is 2.01. The fourth-order valence-corrected chi connectivity index (χ4v) is 0.878. The van der Waals surface area contributed by atoms with Crippen LogP contribution in [-0.4, -0.2) is 12.3 Å². The summed E-state index contributed by atoms with van der Waals surface area (Å²) in [4.78, 5) is 4.24. The predicted molar refractivity (Wildman–Crippen MR) is 40.9 cm³/mol. The summed E-state index contributed by atoms with van der Waals surface area (Å²) in [6.45, 7) is 3.66. The second-order valence-electron chi connectivity index (χ2n) is 2.14. The van der Waals surface area contributed by atoms with E-state index in [0.717, 1.165) is 12.8 Å². The smallest absolute Gasteiger partial charge is 0.0568 e. The van der Waals surface area contributed by atoms with E-state index in [1.54, 1.807) is 0 Å². The highest BCUT2D eigenvalue weighted by molar-refractivity contribution is 5.72. The van der Waals surface area contributed by atoms with Crippen molar-refractivity contribution in [3.8, 4) is 0 Å². The maximum absolute atomic E-state index is 4.24. The molecular weight excluding hydrogens is 110 g/mol. The van der Waals surface area contributed by atoms with Gasteiger partial charge in [-0.1, -0.05) is 12.2 Å². The van der Waals surface area contributed by atoms with Gasteiger partial charge in [-0.15, -0.1) is 6.58 Å². The Hall–Kier alpha value is -0.850. The third-order valence-corrected chi connectivity index (χ3v) is 1.37. The van der Waals surface area contributed by atoms with E-state index in [0.29, 0.717) is 6.04 Å². The van der Waals surface area contributed by atoms with Gasteiger partial charge in [-0.05, 0) is 18.9 Å². The van der Waals surface area contributed by atoms with E-state index >= 15 is 0 Å². The van der Waals surface area contributed by atoms with Crippen molar-refractivity contribution < 1.29 is 0 Å². The maximum Gasteiger partial charge on any atom is 0.0568 e. The van der Waals surface area contributed by atoms with E-state index in [2.05, 4.69) is 17.6 Å². The summed E-state index contributed by atoms with van der Waals surface area (Å²) in [6.07, 6.45) is 9.98. The number of rotatable bonds is 2. The largest absolute Gasteiger partial charge is 0.289 e. The van der Waals surface area contributed by atoms with Crippen LogP contribution in [0.2, 0.25) is 0 Å². The highest BCUT2D eigenvalue weighted by atomic mass is 14.8. The molecule has 0 aromatic rings. The third kappa shape index (κ3) is 1.84. The molecule has 1 nitrogen and oxygen atoms in total. The second kappa shape index (κ2) is 3.23. The Morgan fingerprint density at radius 2 is 2.67 bits per heavy atom. The molecule has 0 aromatic heterocycles. The van der Waals surface area contributed by atoms with E-state index in [-0.39, 0.29) is 0 Å². The van der Waals surface area contributed by atoms with Gasteiger partial charge in [-0.25, -0.2) is 0 Å². The first-order chi connectivity index (χ1) is 4.43. The Morgan fingerprint density at radius 1 is 1.78 bits per heavy atom. The molecular formula is C8H11N. The van der Waals surface area contributed by atoms with Crippen LogP contribution in [0.4, 0.5) is 0 Å². The number of dihydropyridines is 1. The standard InChI is InChI=1S/C8H11N/c1-2-5-8-6-3-4-7-9-8/h2-4,7-8H,1,5-6H2. The highest BCUT2D eigenvalue weighted by Crippen LogP contribution is 2.07. The SMILES string of the molecule is C=CCC1CC=CC=N1. The van der Waals surface area contributed by atoms with Crippen LogP contribution in [0.5, 0.6) is 0 Å². The molecule has 9 heavy (non-hydrogen) atoms. The molecule has 1 unspecified atom stereocenters. The van der Waals surface area contributed by atoms with Crippen LogP contribution >= 0.6 is 0 Å². The molecule has 0 N–H and O–H groups in total. The van der Waals surface area contributed by atoms with Crippen molar-refractivity contribution in [2.24, 2.45) is 4.99 Å². The zero-order valence-corrected chi connectivity index (χ0v) is 5.46. The summed E-state index contributed by atoms with van der Waals surface area (Å²) in [5, 5.41) is 0.